The van der Waals surface area contributed by atoms with Crippen molar-refractivity contribution in [3.05, 3.63) is 40.2 Å². The molecule has 1 aliphatic rings. The van der Waals surface area contributed by atoms with Crippen molar-refractivity contribution < 1.29 is 19.1 Å². The highest BCUT2D eigenvalue weighted by molar-refractivity contribution is 7.09. The third-order valence-corrected chi connectivity index (χ3v) is 4.22. The Bertz CT molecular complexity index is 590. The number of nitrogens with zero attached hydrogens (tertiary/aromatic N) is 1. The van der Waals surface area contributed by atoms with E-state index < -0.39 is 6.10 Å². The smallest absolute Gasteiger partial charge is 0.270 e. The number of aliphatic hydroxyl groups is 1. The second-order valence-electron chi connectivity index (χ2n) is 4.81. The molecule has 0 bridgehead atoms. The average molecular weight is 308 g/mol. The van der Waals surface area contributed by atoms with Gasteiger partial charge in [0.1, 0.15) is 28.7 Å². The number of furan rings is 1. The van der Waals surface area contributed by atoms with Crippen molar-refractivity contribution in [2.45, 2.75) is 25.0 Å². The molecule has 21 heavy (non-hydrogen) atoms. The van der Waals surface area contributed by atoms with Crippen molar-refractivity contribution in [2.75, 3.05) is 13.2 Å². The molecule has 2 aromatic rings. The summed E-state index contributed by atoms with van der Waals surface area (Å²) in [5, 5.41) is 15.0. The Kier molecular flexibility index (Phi) is 4.33. The van der Waals surface area contributed by atoms with Crippen molar-refractivity contribution >= 4 is 17.2 Å². The summed E-state index contributed by atoms with van der Waals surface area (Å²) in [4.78, 5) is 16.3. The van der Waals surface area contributed by atoms with E-state index in [-0.39, 0.29) is 18.6 Å². The lowest BCUT2D eigenvalue weighted by atomic mass is 10.2. The highest BCUT2D eigenvalue weighted by atomic mass is 32.1. The van der Waals surface area contributed by atoms with E-state index >= 15 is 0 Å². The van der Waals surface area contributed by atoms with E-state index in [2.05, 4.69) is 10.3 Å². The van der Waals surface area contributed by atoms with Crippen LogP contribution in [0.15, 0.2) is 28.2 Å². The maximum atomic E-state index is 12.0. The van der Waals surface area contributed by atoms with Crippen LogP contribution in [0, 0.1) is 0 Å². The fourth-order valence-corrected chi connectivity index (χ4v) is 3.05. The minimum Gasteiger partial charge on any atom is -0.467 e. The Labute approximate surface area is 125 Å². The Morgan fingerprint density at radius 3 is 3.24 bits per heavy atom. The molecule has 2 atom stereocenters. The van der Waals surface area contributed by atoms with Crippen LogP contribution >= 0.6 is 11.3 Å². The Hall–Kier alpha value is -1.70. The lowest BCUT2D eigenvalue weighted by Crippen LogP contribution is -2.28. The molecule has 1 saturated heterocycles. The highest BCUT2D eigenvalue weighted by Gasteiger charge is 2.22. The summed E-state index contributed by atoms with van der Waals surface area (Å²) in [5.41, 5.74) is 0.358. The molecule has 2 aromatic heterocycles. The van der Waals surface area contributed by atoms with E-state index in [9.17, 15) is 9.90 Å². The summed E-state index contributed by atoms with van der Waals surface area (Å²) in [6.07, 6.45) is 2.62. The van der Waals surface area contributed by atoms with Crippen LogP contribution in [0.1, 0.15) is 46.3 Å². The Morgan fingerprint density at radius 2 is 2.52 bits per heavy atom. The summed E-state index contributed by atoms with van der Waals surface area (Å²) in [6, 6.07) is 3.35. The van der Waals surface area contributed by atoms with Gasteiger partial charge in [0.15, 0.2) is 0 Å². The first-order chi connectivity index (χ1) is 10.2. The van der Waals surface area contributed by atoms with Crippen LogP contribution < -0.4 is 5.32 Å². The molecular weight excluding hydrogens is 292 g/mol. The fourth-order valence-electron chi connectivity index (χ4n) is 2.17. The molecule has 0 aromatic carbocycles. The van der Waals surface area contributed by atoms with Gasteiger partial charge in [0, 0.05) is 12.0 Å². The van der Waals surface area contributed by atoms with Crippen molar-refractivity contribution in [1.82, 2.24) is 10.3 Å². The molecule has 7 heteroatoms. The van der Waals surface area contributed by atoms with Gasteiger partial charge < -0.3 is 19.6 Å². The predicted molar refractivity (Wildman–Crippen MR) is 76.0 cm³/mol. The van der Waals surface area contributed by atoms with Crippen molar-refractivity contribution in [3.8, 4) is 0 Å². The normalized spacial score (nSPS) is 19.6. The van der Waals surface area contributed by atoms with Gasteiger partial charge in [-0.15, -0.1) is 11.3 Å². The van der Waals surface area contributed by atoms with Gasteiger partial charge in [0.2, 0.25) is 0 Å². The molecule has 3 rings (SSSR count). The van der Waals surface area contributed by atoms with Gasteiger partial charge in [-0.2, -0.15) is 0 Å². The number of hydrogen-bond donors (Lipinski definition) is 2. The summed E-state index contributed by atoms with van der Waals surface area (Å²) < 4.78 is 10.6. The maximum absolute atomic E-state index is 12.0. The SMILES string of the molecule is O=C(NCC(O)c1ccco1)c1csc(C2CCCO2)n1. The standard InChI is InChI=1S/C14H16N2O4S/c17-10(11-3-1-5-19-11)7-15-13(18)9-8-21-14(16-9)12-4-2-6-20-12/h1,3,5,8,10,12,17H,2,4,6-7H2,(H,15,18). The third kappa shape index (κ3) is 3.31. The number of hydrogen-bond acceptors (Lipinski definition) is 6. The number of aromatic nitrogens is 1. The zero-order chi connectivity index (χ0) is 14.7. The van der Waals surface area contributed by atoms with Gasteiger partial charge in [-0.25, -0.2) is 4.98 Å². The van der Waals surface area contributed by atoms with Crippen molar-refractivity contribution in [3.63, 3.8) is 0 Å². The molecule has 112 valence electrons. The zero-order valence-corrected chi connectivity index (χ0v) is 12.1. The monoisotopic (exact) mass is 308 g/mol. The van der Waals surface area contributed by atoms with E-state index in [1.165, 1.54) is 17.6 Å². The molecule has 1 aliphatic heterocycles. The zero-order valence-electron chi connectivity index (χ0n) is 11.3. The lowest BCUT2D eigenvalue weighted by molar-refractivity contribution is 0.0894. The fraction of sp³-hybridized carbons (Fsp3) is 0.429. The van der Waals surface area contributed by atoms with Gasteiger partial charge in [-0.1, -0.05) is 0 Å². The quantitative estimate of drug-likeness (QED) is 0.883. The summed E-state index contributed by atoms with van der Waals surface area (Å²) in [7, 11) is 0. The second-order valence-corrected chi connectivity index (χ2v) is 5.70. The lowest BCUT2D eigenvalue weighted by Gasteiger charge is -2.08. The molecule has 0 aliphatic carbocycles. The van der Waals surface area contributed by atoms with Crippen LogP contribution in [0.4, 0.5) is 0 Å². The number of carbonyl (C=O) groups excluding carboxylic acids is 1. The van der Waals surface area contributed by atoms with E-state index in [1.54, 1.807) is 17.5 Å². The molecule has 1 fully saturated rings. The van der Waals surface area contributed by atoms with Gasteiger partial charge in [0.25, 0.3) is 5.91 Å². The minimum absolute atomic E-state index is 0.0188. The van der Waals surface area contributed by atoms with Gasteiger partial charge >= 0.3 is 0 Å². The summed E-state index contributed by atoms with van der Waals surface area (Å²) in [6.45, 7) is 0.834. The number of ether oxygens (including phenoxy) is 1. The first-order valence-corrected chi connectivity index (χ1v) is 7.68. The first-order valence-electron chi connectivity index (χ1n) is 6.80. The molecule has 2 unspecified atom stereocenters. The Morgan fingerprint density at radius 1 is 1.62 bits per heavy atom. The topological polar surface area (TPSA) is 84.6 Å². The molecule has 6 nitrogen and oxygen atoms in total. The summed E-state index contributed by atoms with van der Waals surface area (Å²) >= 11 is 1.43. The number of thiazole rings is 1. The number of rotatable bonds is 5. The number of nitrogens with one attached hydrogen (secondary N) is 1. The molecule has 0 saturated carbocycles. The van der Waals surface area contributed by atoms with Gasteiger partial charge in [-0.05, 0) is 25.0 Å². The van der Waals surface area contributed by atoms with E-state index in [4.69, 9.17) is 9.15 Å². The Balaban J connectivity index is 1.55. The number of carbonyl (C=O) groups is 1. The van der Waals surface area contributed by atoms with Crippen LogP contribution in [-0.4, -0.2) is 29.1 Å². The minimum atomic E-state index is -0.861. The van der Waals surface area contributed by atoms with E-state index in [1.807, 2.05) is 0 Å². The van der Waals surface area contributed by atoms with Crippen molar-refractivity contribution in [1.29, 1.82) is 0 Å². The molecule has 2 N–H and O–H groups in total. The highest BCUT2D eigenvalue weighted by Crippen LogP contribution is 2.30. The van der Waals surface area contributed by atoms with Crippen LogP contribution in [-0.2, 0) is 4.74 Å². The van der Waals surface area contributed by atoms with Crippen molar-refractivity contribution in [2.24, 2.45) is 0 Å². The van der Waals surface area contributed by atoms with Gasteiger partial charge in [0.05, 0.1) is 12.8 Å². The van der Waals surface area contributed by atoms with Gasteiger partial charge in [-0.3, -0.25) is 4.79 Å². The summed E-state index contributed by atoms with van der Waals surface area (Å²) in [5.74, 6) is 0.120. The molecular formula is C14H16N2O4S. The largest absolute Gasteiger partial charge is 0.467 e. The second kappa shape index (κ2) is 6.38. The third-order valence-electron chi connectivity index (χ3n) is 3.29. The molecule has 0 radical (unpaired) electrons. The van der Waals surface area contributed by atoms with Crippen LogP contribution in [0.2, 0.25) is 0 Å². The number of amides is 1. The molecule has 1 amide bonds. The predicted octanol–water partition coefficient (Wildman–Crippen LogP) is 2.05. The van der Waals surface area contributed by atoms with E-state index in [0.717, 1.165) is 24.5 Å². The molecule has 3 heterocycles. The van der Waals surface area contributed by atoms with E-state index in [0.29, 0.717) is 11.5 Å². The molecule has 0 spiro atoms. The number of aliphatic hydroxyl groups excluding tert-OH is 1. The van der Waals surface area contributed by atoms with Crippen LogP contribution in [0.3, 0.4) is 0 Å². The van der Waals surface area contributed by atoms with Crippen LogP contribution in [0.5, 0.6) is 0 Å². The average Bonchev–Trinajstić information content (AvgIpc) is 3.25. The maximum Gasteiger partial charge on any atom is 0.270 e. The van der Waals surface area contributed by atoms with Crippen LogP contribution in [0.25, 0.3) is 0 Å². The first kappa shape index (κ1) is 14.2.